The van der Waals surface area contributed by atoms with E-state index in [9.17, 15) is 4.79 Å². The normalized spacial score (nSPS) is 16.2. The van der Waals surface area contributed by atoms with E-state index in [1.165, 1.54) is 19.3 Å². The molecule has 1 aliphatic carbocycles. The van der Waals surface area contributed by atoms with Crippen molar-refractivity contribution in [2.45, 2.75) is 58.6 Å². The van der Waals surface area contributed by atoms with Crippen LogP contribution in [0.2, 0.25) is 0 Å². The lowest BCUT2D eigenvalue weighted by molar-refractivity contribution is 0.0636. The number of para-hydroxylation sites is 2. The minimum Gasteiger partial charge on any atom is -0.444 e. The number of rotatable bonds is 5. The molecule has 1 atom stereocenters. The predicted molar refractivity (Wildman–Crippen MR) is 86.7 cm³/mol. The number of hydrogen-bond acceptors (Lipinski definition) is 3. The first kappa shape index (κ1) is 15.7. The van der Waals surface area contributed by atoms with Crippen molar-refractivity contribution in [2.75, 3.05) is 10.6 Å². The molecular formula is C17H26N2O2. The molecule has 0 radical (unpaired) electrons. The summed E-state index contributed by atoms with van der Waals surface area (Å²) in [6.07, 6.45) is 3.46. The number of ether oxygens (including phenoxy) is 1. The van der Waals surface area contributed by atoms with E-state index in [0.29, 0.717) is 6.04 Å². The van der Waals surface area contributed by atoms with Crippen LogP contribution in [0.3, 0.4) is 0 Å². The zero-order valence-electron chi connectivity index (χ0n) is 13.4. The molecule has 4 heteroatoms. The largest absolute Gasteiger partial charge is 0.444 e. The third-order valence-corrected chi connectivity index (χ3v) is 3.35. The van der Waals surface area contributed by atoms with Gasteiger partial charge in [-0.25, -0.2) is 4.79 Å². The summed E-state index contributed by atoms with van der Waals surface area (Å²) in [5, 5.41) is 6.30. The molecule has 1 saturated carbocycles. The van der Waals surface area contributed by atoms with E-state index in [0.717, 1.165) is 17.3 Å². The van der Waals surface area contributed by atoms with Crippen molar-refractivity contribution in [3.8, 4) is 0 Å². The highest BCUT2D eigenvalue weighted by Gasteiger charge is 2.24. The first-order valence-electron chi connectivity index (χ1n) is 7.69. The predicted octanol–water partition coefficient (Wildman–Crippen LogP) is 4.63. The molecule has 2 rings (SSSR count). The van der Waals surface area contributed by atoms with Crippen LogP contribution in [0.1, 0.15) is 47.0 Å². The van der Waals surface area contributed by atoms with Crippen LogP contribution in [0.15, 0.2) is 24.3 Å². The van der Waals surface area contributed by atoms with Crippen molar-refractivity contribution in [1.82, 2.24) is 0 Å². The summed E-state index contributed by atoms with van der Waals surface area (Å²) >= 11 is 0. The highest BCUT2D eigenvalue weighted by atomic mass is 16.6. The summed E-state index contributed by atoms with van der Waals surface area (Å²) in [6.45, 7) is 7.75. The molecule has 1 unspecified atom stereocenters. The quantitative estimate of drug-likeness (QED) is 0.831. The van der Waals surface area contributed by atoms with Gasteiger partial charge in [-0.05, 0) is 52.2 Å². The van der Waals surface area contributed by atoms with Crippen molar-refractivity contribution in [1.29, 1.82) is 0 Å². The molecule has 0 aromatic heterocycles. The molecular weight excluding hydrogens is 264 g/mol. The van der Waals surface area contributed by atoms with E-state index in [2.05, 4.69) is 17.6 Å². The molecule has 0 heterocycles. The molecule has 1 fully saturated rings. The Morgan fingerprint density at radius 1 is 1.29 bits per heavy atom. The highest BCUT2D eigenvalue weighted by molar-refractivity contribution is 5.89. The molecule has 1 aromatic carbocycles. The number of benzene rings is 1. The summed E-state index contributed by atoms with van der Waals surface area (Å²) < 4.78 is 5.30. The smallest absolute Gasteiger partial charge is 0.412 e. The number of carbonyl (C=O) groups is 1. The van der Waals surface area contributed by atoms with E-state index in [1.54, 1.807) is 0 Å². The van der Waals surface area contributed by atoms with E-state index in [-0.39, 0.29) is 0 Å². The highest BCUT2D eigenvalue weighted by Crippen LogP contribution is 2.34. The van der Waals surface area contributed by atoms with Crippen LogP contribution in [-0.2, 0) is 4.74 Å². The first-order chi connectivity index (χ1) is 9.83. The van der Waals surface area contributed by atoms with Gasteiger partial charge in [0.2, 0.25) is 0 Å². The topological polar surface area (TPSA) is 50.4 Å². The van der Waals surface area contributed by atoms with Crippen LogP contribution in [0.25, 0.3) is 0 Å². The van der Waals surface area contributed by atoms with Crippen LogP contribution < -0.4 is 10.6 Å². The fourth-order valence-electron chi connectivity index (χ4n) is 2.31. The lowest BCUT2D eigenvalue weighted by Crippen LogP contribution is -2.27. The first-order valence-corrected chi connectivity index (χ1v) is 7.69. The average molecular weight is 290 g/mol. The van der Waals surface area contributed by atoms with Gasteiger partial charge in [0.15, 0.2) is 0 Å². The average Bonchev–Trinajstić information content (AvgIpc) is 3.13. The molecule has 21 heavy (non-hydrogen) atoms. The summed E-state index contributed by atoms with van der Waals surface area (Å²) in [4.78, 5) is 11.9. The third-order valence-electron chi connectivity index (χ3n) is 3.35. The Kier molecular flexibility index (Phi) is 4.76. The van der Waals surface area contributed by atoms with E-state index >= 15 is 0 Å². The number of nitrogens with one attached hydrogen (secondary N) is 2. The minimum atomic E-state index is -0.494. The molecule has 0 spiro atoms. The SMILES string of the molecule is CC(CC1CC1)Nc1ccccc1NC(=O)OC(C)(C)C. The molecule has 2 N–H and O–H groups in total. The summed E-state index contributed by atoms with van der Waals surface area (Å²) in [7, 11) is 0. The van der Waals surface area contributed by atoms with Crippen LogP contribution in [-0.4, -0.2) is 17.7 Å². The molecule has 1 amide bonds. The second-order valence-corrected chi connectivity index (χ2v) is 6.90. The van der Waals surface area contributed by atoms with Crippen LogP contribution >= 0.6 is 0 Å². The molecule has 1 aliphatic rings. The maximum Gasteiger partial charge on any atom is 0.412 e. The van der Waals surface area contributed by atoms with Gasteiger partial charge in [0.25, 0.3) is 0 Å². The minimum absolute atomic E-state index is 0.402. The van der Waals surface area contributed by atoms with Gasteiger partial charge in [-0.3, -0.25) is 5.32 Å². The Bertz CT molecular complexity index is 490. The fraction of sp³-hybridized carbons (Fsp3) is 0.588. The maximum absolute atomic E-state index is 11.9. The van der Waals surface area contributed by atoms with Gasteiger partial charge >= 0.3 is 6.09 Å². The molecule has 0 aliphatic heterocycles. The van der Waals surface area contributed by atoms with Crippen molar-refractivity contribution < 1.29 is 9.53 Å². The summed E-state index contributed by atoms with van der Waals surface area (Å²) in [5.41, 5.74) is 1.21. The van der Waals surface area contributed by atoms with Gasteiger partial charge in [-0.2, -0.15) is 0 Å². The Morgan fingerprint density at radius 3 is 2.48 bits per heavy atom. The Labute approximate surface area is 127 Å². The standard InChI is InChI=1S/C17H26N2O2/c1-12(11-13-9-10-13)18-14-7-5-6-8-15(14)19-16(20)21-17(2,3)4/h5-8,12-13,18H,9-11H2,1-4H3,(H,19,20). The van der Waals surface area contributed by atoms with Crippen LogP contribution in [0, 0.1) is 5.92 Å². The van der Waals surface area contributed by atoms with Gasteiger partial charge in [0, 0.05) is 6.04 Å². The lowest BCUT2D eigenvalue weighted by atomic mass is 10.1. The molecule has 116 valence electrons. The van der Waals surface area contributed by atoms with Crippen molar-refractivity contribution in [2.24, 2.45) is 5.92 Å². The second kappa shape index (κ2) is 6.37. The summed E-state index contributed by atoms with van der Waals surface area (Å²) in [6, 6.07) is 8.14. The lowest BCUT2D eigenvalue weighted by Gasteiger charge is -2.22. The Hall–Kier alpha value is -1.71. The number of hydrogen-bond donors (Lipinski definition) is 2. The van der Waals surface area contributed by atoms with Crippen molar-refractivity contribution in [3.05, 3.63) is 24.3 Å². The van der Waals surface area contributed by atoms with Crippen LogP contribution in [0.5, 0.6) is 0 Å². The van der Waals surface area contributed by atoms with Gasteiger partial charge < -0.3 is 10.1 Å². The number of carbonyl (C=O) groups excluding carboxylic acids is 1. The van der Waals surface area contributed by atoms with Gasteiger partial charge in [0.05, 0.1) is 11.4 Å². The monoisotopic (exact) mass is 290 g/mol. The summed E-state index contributed by atoms with van der Waals surface area (Å²) in [5.74, 6) is 0.874. The van der Waals surface area contributed by atoms with Crippen molar-refractivity contribution >= 4 is 17.5 Å². The van der Waals surface area contributed by atoms with E-state index < -0.39 is 11.7 Å². The fourth-order valence-corrected chi connectivity index (χ4v) is 2.31. The Morgan fingerprint density at radius 2 is 1.90 bits per heavy atom. The van der Waals surface area contributed by atoms with Crippen molar-refractivity contribution in [3.63, 3.8) is 0 Å². The van der Waals surface area contributed by atoms with E-state index in [1.807, 2.05) is 45.0 Å². The maximum atomic E-state index is 11.9. The number of amides is 1. The Balaban J connectivity index is 1.97. The molecule has 4 nitrogen and oxygen atoms in total. The van der Waals surface area contributed by atoms with Gasteiger partial charge in [0.1, 0.15) is 5.60 Å². The molecule has 0 saturated heterocycles. The molecule has 1 aromatic rings. The van der Waals surface area contributed by atoms with E-state index in [4.69, 9.17) is 4.74 Å². The van der Waals surface area contributed by atoms with Gasteiger partial charge in [-0.15, -0.1) is 0 Å². The second-order valence-electron chi connectivity index (χ2n) is 6.90. The number of anilines is 2. The zero-order valence-corrected chi connectivity index (χ0v) is 13.4. The van der Waals surface area contributed by atoms with Gasteiger partial charge in [-0.1, -0.05) is 25.0 Å². The molecule has 0 bridgehead atoms. The van der Waals surface area contributed by atoms with Crippen LogP contribution in [0.4, 0.5) is 16.2 Å². The zero-order chi connectivity index (χ0) is 15.5. The third kappa shape index (κ3) is 5.66.